The Bertz CT molecular complexity index is 468. The molecule has 0 saturated heterocycles. The Morgan fingerprint density at radius 2 is 2.33 bits per heavy atom. The molecule has 1 aliphatic rings. The van der Waals surface area contributed by atoms with E-state index in [2.05, 4.69) is 21.0 Å². The highest BCUT2D eigenvalue weighted by Gasteiger charge is 2.32. The van der Waals surface area contributed by atoms with Crippen molar-refractivity contribution in [3.63, 3.8) is 0 Å². The van der Waals surface area contributed by atoms with Gasteiger partial charge in [0.1, 0.15) is 10.2 Å². The molecule has 1 aromatic heterocycles. The van der Waals surface area contributed by atoms with Gasteiger partial charge in [0.05, 0.1) is 6.61 Å². The minimum absolute atomic E-state index is 0.297. The first-order valence-electron chi connectivity index (χ1n) is 6.07. The number of fused-ring (bicyclic) bond motifs is 1. The number of carbonyl (C=O) groups is 1. The second-order valence-corrected chi connectivity index (χ2v) is 5.63. The van der Waals surface area contributed by atoms with Gasteiger partial charge in [0, 0.05) is 6.54 Å². The molecule has 18 heavy (non-hydrogen) atoms. The van der Waals surface area contributed by atoms with Crippen molar-refractivity contribution in [2.24, 2.45) is 0 Å². The van der Waals surface area contributed by atoms with E-state index in [1.54, 1.807) is 11.6 Å². The van der Waals surface area contributed by atoms with Gasteiger partial charge in [-0.1, -0.05) is 0 Å². The summed E-state index contributed by atoms with van der Waals surface area (Å²) in [6.45, 7) is 6.88. The van der Waals surface area contributed by atoms with Crippen molar-refractivity contribution in [3.8, 4) is 5.88 Å². The Kier molecular flexibility index (Phi) is 3.66. The number of aromatic nitrogens is 2. The van der Waals surface area contributed by atoms with Crippen LogP contribution in [0.3, 0.4) is 0 Å². The predicted octanol–water partition coefficient (Wildman–Crippen LogP) is 2.77. The summed E-state index contributed by atoms with van der Waals surface area (Å²) in [7, 11) is 0. The second kappa shape index (κ2) is 4.91. The molecule has 0 radical (unpaired) electrons. The van der Waals surface area contributed by atoms with E-state index >= 15 is 0 Å². The Morgan fingerprint density at radius 3 is 3.00 bits per heavy atom. The number of halogens is 1. The largest absolute Gasteiger partial charge is 0.471 e. The maximum Gasteiger partial charge on any atom is 0.346 e. The van der Waals surface area contributed by atoms with E-state index in [1.807, 2.05) is 13.8 Å². The predicted molar refractivity (Wildman–Crippen MR) is 69.8 cm³/mol. The molecular weight excluding hydrogens is 300 g/mol. The van der Waals surface area contributed by atoms with E-state index in [9.17, 15) is 4.79 Å². The number of hydrogen-bond donors (Lipinski definition) is 0. The summed E-state index contributed by atoms with van der Waals surface area (Å²) in [5.74, 6) is 0.103. The molecule has 100 valence electrons. The van der Waals surface area contributed by atoms with Crippen LogP contribution in [0.1, 0.15) is 44.0 Å². The Labute approximate surface area is 115 Å². The van der Waals surface area contributed by atoms with Crippen LogP contribution < -0.4 is 4.74 Å². The van der Waals surface area contributed by atoms with Crippen molar-refractivity contribution in [2.45, 2.75) is 45.8 Å². The van der Waals surface area contributed by atoms with Crippen LogP contribution in [0.25, 0.3) is 0 Å². The van der Waals surface area contributed by atoms with Crippen LogP contribution >= 0.6 is 15.9 Å². The van der Waals surface area contributed by atoms with Crippen molar-refractivity contribution in [1.29, 1.82) is 0 Å². The molecule has 0 aromatic carbocycles. The fourth-order valence-corrected chi connectivity index (χ4v) is 2.54. The Hall–Kier alpha value is -1.04. The van der Waals surface area contributed by atoms with Crippen LogP contribution in [0.4, 0.5) is 0 Å². The molecule has 0 N–H and O–H groups in total. The standard InChI is InChI=1S/C12H17BrN2O3/c1-4-17-11(16)8-9(13)14-15-7-5-6-12(2,3)18-10(8)15/h4-7H2,1-3H3. The Morgan fingerprint density at radius 1 is 1.61 bits per heavy atom. The lowest BCUT2D eigenvalue weighted by molar-refractivity contribution is 0.0504. The smallest absolute Gasteiger partial charge is 0.346 e. The van der Waals surface area contributed by atoms with E-state index in [4.69, 9.17) is 9.47 Å². The first kappa shape index (κ1) is 13.4. The highest BCUT2D eigenvalue weighted by molar-refractivity contribution is 9.10. The highest BCUT2D eigenvalue weighted by Crippen LogP contribution is 2.34. The minimum atomic E-state index is -0.400. The van der Waals surface area contributed by atoms with Gasteiger partial charge in [-0.15, -0.1) is 0 Å². The minimum Gasteiger partial charge on any atom is -0.471 e. The zero-order valence-electron chi connectivity index (χ0n) is 10.8. The summed E-state index contributed by atoms with van der Waals surface area (Å²) in [6.07, 6.45) is 1.90. The molecule has 5 nitrogen and oxygen atoms in total. The van der Waals surface area contributed by atoms with Crippen molar-refractivity contribution < 1.29 is 14.3 Å². The fourth-order valence-electron chi connectivity index (χ4n) is 2.02. The van der Waals surface area contributed by atoms with Crippen LogP contribution in [0, 0.1) is 0 Å². The highest BCUT2D eigenvalue weighted by atomic mass is 79.9. The molecule has 0 amide bonds. The Balaban J connectivity index is 2.43. The van der Waals surface area contributed by atoms with Gasteiger partial charge >= 0.3 is 5.97 Å². The third-order valence-corrected chi connectivity index (χ3v) is 3.42. The molecule has 0 fully saturated rings. The molecule has 0 spiro atoms. The lowest BCUT2D eigenvalue weighted by atomic mass is 10.0. The molecule has 0 bridgehead atoms. The van der Waals surface area contributed by atoms with Crippen molar-refractivity contribution in [2.75, 3.05) is 6.61 Å². The first-order chi connectivity index (χ1) is 8.44. The van der Waals surface area contributed by atoms with Crippen LogP contribution in [0.2, 0.25) is 0 Å². The lowest BCUT2D eigenvalue weighted by Crippen LogP contribution is -2.28. The van der Waals surface area contributed by atoms with Crippen molar-refractivity contribution in [3.05, 3.63) is 10.2 Å². The van der Waals surface area contributed by atoms with Crippen LogP contribution in [-0.2, 0) is 11.3 Å². The molecule has 2 heterocycles. The topological polar surface area (TPSA) is 53.3 Å². The molecule has 2 rings (SSSR count). The quantitative estimate of drug-likeness (QED) is 0.787. The molecule has 1 aliphatic heterocycles. The van der Waals surface area contributed by atoms with Gasteiger partial charge < -0.3 is 9.47 Å². The number of aryl methyl sites for hydroxylation is 1. The summed E-state index contributed by atoms with van der Waals surface area (Å²) >= 11 is 3.30. The number of hydrogen-bond acceptors (Lipinski definition) is 4. The molecule has 6 heteroatoms. The number of ether oxygens (including phenoxy) is 2. The number of nitrogens with zero attached hydrogens (tertiary/aromatic N) is 2. The van der Waals surface area contributed by atoms with E-state index < -0.39 is 5.97 Å². The van der Waals surface area contributed by atoms with Crippen molar-refractivity contribution >= 4 is 21.9 Å². The molecular formula is C12H17BrN2O3. The summed E-state index contributed by atoms with van der Waals surface area (Å²) in [4.78, 5) is 11.9. The van der Waals surface area contributed by atoms with Gasteiger partial charge in [-0.25, -0.2) is 9.48 Å². The number of rotatable bonds is 2. The second-order valence-electron chi connectivity index (χ2n) is 4.88. The molecule has 0 atom stereocenters. The zero-order valence-corrected chi connectivity index (χ0v) is 12.4. The average molecular weight is 317 g/mol. The van der Waals surface area contributed by atoms with E-state index in [1.165, 1.54) is 0 Å². The summed E-state index contributed by atoms with van der Waals surface area (Å²) in [5, 5.41) is 4.29. The van der Waals surface area contributed by atoms with Gasteiger partial charge in [-0.05, 0) is 49.5 Å². The zero-order chi connectivity index (χ0) is 13.3. The van der Waals surface area contributed by atoms with E-state index in [-0.39, 0.29) is 5.60 Å². The molecule has 0 unspecified atom stereocenters. The van der Waals surface area contributed by atoms with E-state index in [0.29, 0.717) is 22.7 Å². The van der Waals surface area contributed by atoms with Gasteiger partial charge in [-0.3, -0.25) is 0 Å². The average Bonchev–Trinajstić information content (AvgIpc) is 2.46. The summed E-state index contributed by atoms with van der Waals surface area (Å²) in [5.41, 5.74) is 0.0847. The number of esters is 1. The third-order valence-electron chi connectivity index (χ3n) is 2.86. The lowest BCUT2D eigenvalue weighted by Gasteiger charge is -2.23. The third kappa shape index (κ3) is 2.53. The molecule has 0 aliphatic carbocycles. The van der Waals surface area contributed by atoms with Gasteiger partial charge in [0.15, 0.2) is 5.56 Å². The van der Waals surface area contributed by atoms with Gasteiger partial charge in [0.25, 0.3) is 0 Å². The fraction of sp³-hybridized carbons (Fsp3) is 0.667. The van der Waals surface area contributed by atoms with E-state index in [0.717, 1.165) is 19.4 Å². The van der Waals surface area contributed by atoms with Crippen LogP contribution in [0.5, 0.6) is 5.88 Å². The molecule has 0 saturated carbocycles. The summed E-state index contributed by atoms with van der Waals surface area (Å²) < 4.78 is 13.2. The van der Waals surface area contributed by atoms with Gasteiger partial charge in [0.2, 0.25) is 5.88 Å². The SMILES string of the molecule is CCOC(=O)c1c(Br)nn2c1OC(C)(C)CCC2. The number of carbonyl (C=O) groups excluding carboxylic acids is 1. The monoisotopic (exact) mass is 316 g/mol. The van der Waals surface area contributed by atoms with Crippen LogP contribution in [0.15, 0.2) is 4.60 Å². The first-order valence-corrected chi connectivity index (χ1v) is 6.86. The molecule has 1 aromatic rings. The summed E-state index contributed by atoms with van der Waals surface area (Å²) in [6, 6.07) is 0. The maximum atomic E-state index is 11.9. The van der Waals surface area contributed by atoms with Crippen molar-refractivity contribution in [1.82, 2.24) is 9.78 Å². The maximum absolute atomic E-state index is 11.9. The van der Waals surface area contributed by atoms with Crippen LogP contribution in [-0.4, -0.2) is 28.0 Å². The normalized spacial score (nSPS) is 17.6. The van der Waals surface area contributed by atoms with Gasteiger partial charge in [-0.2, -0.15) is 5.10 Å².